The lowest BCUT2D eigenvalue weighted by molar-refractivity contribution is -0.118. The summed E-state index contributed by atoms with van der Waals surface area (Å²) in [5.74, 6) is -0.0308. The Morgan fingerprint density at radius 1 is 0.634 bits per heavy atom. The topological polar surface area (TPSA) is 17.1 Å². The van der Waals surface area contributed by atoms with Crippen molar-refractivity contribution in [3.05, 3.63) is 118 Å². The zero-order chi connectivity index (χ0) is 30.6. The van der Waals surface area contributed by atoms with Crippen LogP contribution in [0.4, 0.5) is 0 Å². The van der Waals surface area contributed by atoms with Crippen LogP contribution >= 0.6 is 0 Å². The van der Waals surface area contributed by atoms with Gasteiger partial charge in [0.1, 0.15) is 5.78 Å². The number of Topliss-reactive ketones (excluding diaryl/α,β-unsaturated/α-hetero) is 1. The molecule has 0 amide bonds. The summed E-state index contributed by atoms with van der Waals surface area (Å²) in [5, 5.41) is 0. The summed E-state index contributed by atoms with van der Waals surface area (Å²) in [5.41, 5.74) is 9.92. The van der Waals surface area contributed by atoms with E-state index in [4.69, 9.17) is 0 Å². The molecule has 0 aliphatic heterocycles. The quantitative estimate of drug-likeness (QED) is 0.233. The van der Waals surface area contributed by atoms with Crippen molar-refractivity contribution in [2.24, 2.45) is 16.7 Å². The molecule has 0 aromatic rings. The average molecular weight is 553 g/mol. The molecule has 0 radical (unpaired) electrons. The normalized spacial score (nSPS) is 22.0. The van der Waals surface area contributed by atoms with Crippen molar-refractivity contribution in [2.45, 2.75) is 108 Å². The fourth-order valence-corrected chi connectivity index (χ4v) is 5.96. The number of hydrogen-bond acceptors (Lipinski definition) is 1. The first-order valence-electron chi connectivity index (χ1n) is 15.5. The van der Waals surface area contributed by atoms with Gasteiger partial charge in [-0.2, -0.15) is 0 Å². The number of rotatable bonds is 11. The molecule has 0 aromatic heterocycles. The second kappa shape index (κ2) is 15.9. The first-order chi connectivity index (χ1) is 19.2. The molecule has 0 fully saturated rings. The van der Waals surface area contributed by atoms with E-state index in [2.05, 4.69) is 135 Å². The Hall–Kier alpha value is -2.93. The number of carbonyl (C=O) groups is 1. The number of ketones is 1. The molecule has 0 bridgehead atoms. The minimum atomic E-state index is -0.200. The Morgan fingerprint density at radius 2 is 1.10 bits per heavy atom. The first kappa shape index (κ1) is 34.3. The number of carbonyl (C=O) groups excluding carboxylic acids is 1. The van der Waals surface area contributed by atoms with Crippen molar-refractivity contribution in [1.29, 1.82) is 0 Å². The van der Waals surface area contributed by atoms with Gasteiger partial charge in [-0.15, -0.1) is 0 Å². The Labute approximate surface area is 252 Å². The smallest absolute Gasteiger partial charge is 0.140 e. The van der Waals surface area contributed by atoms with Gasteiger partial charge in [0.05, 0.1) is 5.92 Å². The molecule has 41 heavy (non-hydrogen) atoms. The predicted molar refractivity (Wildman–Crippen MR) is 182 cm³/mol. The van der Waals surface area contributed by atoms with E-state index in [9.17, 15) is 4.79 Å². The molecule has 222 valence electrons. The van der Waals surface area contributed by atoms with Crippen LogP contribution in [-0.2, 0) is 4.79 Å². The highest BCUT2D eigenvalue weighted by Gasteiger charge is 2.27. The lowest BCUT2D eigenvalue weighted by atomic mass is 9.72. The lowest BCUT2D eigenvalue weighted by Gasteiger charge is -2.33. The molecule has 1 unspecified atom stereocenters. The second-order valence-corrected chi connectivity index (χ2v) is 13.5. The van der Waals surface area contributed by atoms with E-state index in [1.165, 1.54) is 65.5 Å². The molecule has 1 nitrogen and oxygen atoms in total. The van der Waals surface area contributed by atoms with Crippen molar-refractivity contribution in [2.75, 3.05) is 0 Å². The Kier molecular flexibility index (Phi) is 13.3. The zero-order valence-corrected chi connectivity index (χ0v) is 27.7. The van der Waals surface area contributed by atoms with Crippen molar-refractivity contribution < 1.29 is 4.79 Å². The summed E-state index contributed by atoms with van der Waals surface area (Å²) in [6.45, 7) is 21.9. The summed E-state index contributed by atoms with van der Waals surface area (Å²) in [6.07, 6.45) is 35.1. The van der Waals surface area contributed by atoms with E-state index in [1.807, 2.05) is 6.08 Å². The van der Waals surface area contributed by atoms with Crippen molar-refractivity contribution in [1.82, 2.24) is 0 Å². The van der Waals surface area contributed by atoms with Crippen LogP contribution in [0, 0.1) is 16.7 Å². The SMILES string of the molecule is CC(=O)C(/C=C/C1=C(C)CCCC1(C)C)/C=C/C(C)=C/C=C/C=C(C)/C=C/C=C(C)/C=C/C1=C(C)CCCC1(C)C. The van der Waals surface area contributed by atoms with Crippen LogP contribution < -0.4 is 0 Å². The van der Waals surface area contributed by atoms with Crippen LogP contribution in [0.25, 0.3) is 0 Å². The fourth-order valence-electron chi connectivity index (χ4n) is 5.96. The van der Waals surface area contributed by atoms with Gasteiger partial charge in [-0.25, -0.2) is 0 Å². The minimum absolute atomic E-state index is 0.169. The van der Waals surface area contributed by atoms with Gasteiger partial charge in [0.25, 0.3) is 0 Å². The van der Waals surface area contributed by atoms with E-state index in [0.717, 1.165) is 12.0 Å². The summed E-state index contributed by atoms with van der Waals surface area (Å²) < 4.78 is 0. The molecule has 2 rings (SSSR count). The summed E-state index contributed by atoms with van der Waals surface area (Å²) in [6, 6.07) is 0. The molecule has 0 heterocycles. The van der Waals surface area contributed by atoms with Crippen LogP contribution in [0.5, 0.6) is 0 Å². The highest BCUT2D eigenvalue weighted by Crippen LogP contribution is 2.41. The Morgan fingerprint density at radius 3 is 1.61 bits per heavy atom. The third kappa shape index (κ3) is 11.5. The lowest BCUT2D eigenvalue weighted by Crippen LogP contribution is -2.19. The molecule has 2 aliphatic rings. The molecule has 2 aliphatic carbocycles. The van der Waals surface area contributed by atoms with E-state index >= 15 is 0 Å². The maximum Gasteiger partial charge on any atom is 0.140 e. The standard InChI is InChI=1S/C40H56O/c1-30(18-13-19-32(3)23-26-37-33(4)20-14-28-39(37,7)8)16-11-12-17-31(2)22-24-36(35(6)41)25-27-38-34(5)21-15-29-40(38,9)10/h11-13,16-19,22-27,36H,14-15,20-21,28-29H2,1-10H3/b12-11+,18-13+,24-22+,26-23+,27-25+,30-16+,31-17+,32-19+. The van der Waals surface area contributed by atoms with E-state index in [-0.39, 0.29) is 22.5 Å². The second-order valence-electron chi connectivity index (χ2n) is 13.5. The van der Waals surface area contributed by atoms with Crippen LogP contribution in [0.15, 0.2) is 118 Å². The third-order valence-electron chi connectivity index (χ3n) is 8.65. The van der Waals surface area contributed by atoms with Gasteiger partial charge in [-0.1, -0.05) is 135 Å². The average Bonchev–Trinajstić information content (AvgIpc) is 2.86. The van der Waals surface area contributed by atoms with Crippen molar-refractivity contribution >= 4 is 5.78 Å². The molecular weight excluding hydrogens is 496 g/mol. The largest absolute Gasteiger partial charge is 0.299 e. The Bertz CT molecular complexity index is 1240. The highest BCUT2D eigenvalue weighted by molar-refractivity contribution is 5.82. The Balaban J connectivity index is 1.96. The maximum atomic E-state index is 12.3. The zero-order valence-electron chi connectivity index (χ0n) is 27.7. The molecular formula is C40H56O. The monoisotopic (exact) mass is 552 g/mol. The van der Waals surface area contributed by atoms with Gasteiger partial charge in [-0.05, 0) is 102 Å². The number of allylic oxidation sites excluding steroid dienone is 20. The van der Waals surface area contributed by atoms with E-state index in [0.29, 0.717) is 0 Å². The van der Waals surface area contributed by atoms with Crippen LogP contribution in [0.3, 0.4) is 0 Å². The molecule has 0 saturated heterocycles. The molecule has 0 aromatic carbocycles. The van der Waals surface area contributed by atoms with Crippen molar-refractivity contribution in [3.8, 4) is 0 Å². The minimum Gasteiger partial charge on any atom is -0.299 e. The van der Waals surface area contributed by atoms with Gasteiger partial charge in [0.2, 0.25) is 0 Å². The van der Waals surface area contributed by atoms with E-state index in [1.54, 1.807) is 6.92 Å². The van der Waals surface area contributed by atoms with Gasteiger partial charge >= 0.3 is 0 Å². The van der Waals surface area contributed by atoms with Crippen LogP contribution in [-0.4, -0.2) is 5.78 Å². The van der Waals surface area contributed by atoms with Gasteiger partial charge < -0.3 is 0 Å². The summed E-state index contributed by atoms with van der Waals surface area (Å²) in [7, 11) is 0. The molecule has 0 saturated carbocycles. The van der Waals surface area contributed by atoms with Crippen molar-refractivity contribution in [3.63, 3.8) is 0 Å². The third-order valence-corrected chi connectivity index (χ3v) is 8.65. The highest BCUT2D eigenvalue weighted by atomic mass is 16.1. The van der Waals surface area contributed by atoms with Gasteiger partial charge in [0, 0.05) is 0 Å². The van der Waals surface area contributed by atoms with E-state index < -0.39 is 0 Å². The molecule has 0 spiro atoms. The summed E-state index contributed by atoms with van der Waals surface area (Å²) in [4.78, 5) is 12.3. The van der Waals surface area contributed by atoms with Crippen LogP contribution in [0.1, 0.15) is 108 Å². The van der Waals surface area contributed by atoms with Gasteiger partial charge in [-0.3, -0.25) is 4.79 Å². The fraction of sp³-hybridized carbons (Fsp3) is 0.475. The number of hydrogen-bond donors (Lipinski definition) is 0. The predicted octanol–water partition coefficient (Wildman–Crippen LogP) is 11.9. The molecule has 1 atom stereocenters. The maximum absolute atomic E-state index is 12.3. The molecule has 1 heteroatoms. The first-order valence-corrected chi connectivity index (χ1v) is 15.5. The van der Waals surface area contributed by atoms with Crippen LogP contribution in [0.2, 0.25) is 0 Å². The molecule has 0 N–H and O–H groups in total. The summed E-state index contributed by atoms with van der Waals surface area (Å²) >= 11 is 0. The van der Waals surface area contributed by atoms with Gasteiger partial charge in [0.15, 0.2) is 0 Å².